The van der Waals surface area contributed by atoms with E-state index >= 15 is 0 Å². The van der Waals surface area contributed by atoms with Gasteiger partial charge in [0.15, 0.2) is 0 Å². The van der Waals surface area contributed by atoms with Crippen LogP contribution in [-0.2, 0) is 13.1 Å². The molecular formula is C10H15FN2. The summed E-state index contributed by atoms with van der Waals surface area (Å²) in [6.45, 7) is 3.87. The molecule has 0 aromatic heterocycles. The maximum absolute atomic E-state index is 13.2. The van der Waals surface area contributed by atoms with Crippen molar-refractivity contribution in [3.63, 3.8) is 0 Å². The van der Waals surface area contributed by atoms with Crippen LogP contribution in [0.5, 0.6) is 0 Å². The van der Waals surface area contributed by atoms with Crippen molar-refractivity contribution in [3.05, 3.63) is 35.1 Å². The summed E-state index contributed by atoms with van der Waals surface area (Å²) in [6.07, 6.45) is 0. The Balaban J connectivity index is 2.71. The fourth-order valence-electron chi connectivity index (χ4n) is 1.14. The van der Waals surface area contributed by atoms with Crippen molar-refractivity contribution in [1.29, 1.82) is 0 Å². The minimum Gasteiger partial charge on any atom is -0.326 e. The van der Waals surface area contributed by atoms with Gasteiger partial charge in [-0.25, -0.2) is 4.39 Å². The van der Waals surface area contributed by atoms with Gasteiger partial charge in [0.05, 0.1) is 0 Å². The summed E-state index contributed by atoms with van der Waals surface area (Å²) in [6, 6.07) is 5.17. The van der Waals surface area contributed by atoms with E-state index in [4.69, 9.17) is 5.73 Å². The van der Waals surface area contributed by atoms with Crippen LogP contribution in [0.4, 0.5) is 4.39 Å². The molecule has 3 heteroatoms. The molecule has 2 nitrogen and oxygen atoms in total. The van der Waals surface area contributed by atoms with Crippen LogP contribution >= 0.6 is 0 Å². The van der Waals surface area contributed by atoms with E-state index in [-0.39, 0.29) is 12.4 Å². The second-order valence-corrected chi connectivity index (χ2v) is 2.91. The van der Waals surface area contributed by atoms with E-state index in [0.29, 0.717) is 12.1 Å². The van der Waals surface area contributed by atoms with Gasteiger partial charge in [0.1, 0.15) is 5.82 Å². The highest BCUT2D eigenvalue weighted by atomic mass is 19.1. The van der Waals surface area contributed by atoms with Gasteiger partial charge in [-0.2, -0.15) is 0 Å². The second-order valence-electron chi connectivity index (χ2n) is 2.91. The van der Waals surface area contributed by atoms with E-state index < -0.39 is 0 Å². The zero-order chi connectivity index (χ0) is 9.68. The molecule has 1 aromatic rings. The zero-order valence-corrected chi connectivity index (χ0v) is 7.81. The van der Waals surface area contributed by atoms with Crippen molar-refractivity contribution < 1.29 is 4.39 Å². The van der Waals surface area contributed by atoms with E-state index in [1.54, 1.807) is 6.07 Å². The maximum atomic E-state index is 13.2. The van der Waals surface area contributed by atoms with Gasteiger partial charge < -0.3 is 11.1 Å². The molecule has 0 saturated carbocycles. The highest BCUT2D eigenvalue weighted by Gasteiger charge is 2.00. The van der Waals surface area contributed by atoms with Gasteiger partial charge in [-0.1, -0.05) is 19.1 Å². The molecule has 0 unspecified atom stereocenters. The molecule has 0 aliphatic rings. The minimum atomic E-state index is -0.210. The molecule has 0 atom stereocenters. The summed E-state index contributed by atoms with van der Waals surface area (Å²) >= 11 is 0. The third-order valence-electron chi connectivity index (χ3n) is 1.92. The first-order valence-corrected chi connectivity index (χ1v) is 4.46. The largest absolute Gasteiger partial charge is 0.326 e. The number of hydrogen-bond donors (Lipinski definition) is 2. The lowest BCUT2D eigenvalue weighted by molar-refractivity contribution is 0.605. The van der Waals surface area contributed by atoms with Crippen molar-refractivity contribution in [3.8, 4) is 0 Å². The number of nitrogens with one attached hydrogen (secondary N) is 1. The highest BCUT2D eigenvalue weighted by molar-refractivity contribution is 5.24. The monoisotopic (exact) mass is 182 g/mol. The fourth-order valence-corrected chi connectivity index (χ4v) is 1.14. The van der Waals surface area contributed by atoms with Crippen molar-refractivity contribution in [2.75, 3.05) is 6.54 Å². The van der Waals surface area contributed by atoms with Crippen LogP contribution in [-0.4, -0.2) is 6.54 Å². The topological polar surface area (TPSA) is 38.0 Å². The van der Waals surface area contributed by atoms with Gasteiger partial charge in [0.25, 0.3) is 0 Å². The van der Waals surface area contributed by atoms with E-state index in [9.17, 15) is 4.39 Å². The molecular weight excluding hydrogens is 167 g/mol. The summed E-state index contributed by atoms with van der Waals surface area (Å²) < 4.78 is 13.2. The van der Waals surface area contributed by atoms with E-state index in [0.717, 1.165) is 12.1 Å². The van der Waals surface area contributed by atoms with E-state index in [1.807, 2.05) is 13.0 Å². The van der Waals surface area contributed by atoms with E-state index in [1.165, 1.54) is 6.07 Å². The quantitative estimate of drug-likeness (QED) is 0.738. The molecule has 72 valence electrons. The lowest BCUT2D eigenvalue weighted by Gasteiger charge is -2.04. The zero-order valence-electron chi connectivity index (χ0n) is 7.81. The summed E-state index contributed by atoms with van der Waals surface area (Å²) in [4.78, 5) is 0. The molecule has 0 amide bonds. The van der Waals surface area contributed by atoms with Crippen LogP contribution in [0.25, 0.3) is 0 Å². The second kappa shape index (κ2) is 4.94. The third-order valence-corrected chi connectivity index (χ3v) is 1.92. The van der Waals surface area contributed by atoms with Gasteiger partial charge in [-0.05, 0) is 18.2 Å². The average molecular weight is 182 g/mol. The third kappa shape index (κ3) is 2.79. The summed E-state index contributed by atoms with van der Waals surface area (Å²) in [7, 11) is 0. The van der Waals surface area contributed by atoms with Crippen LogP contribution in [0.3, 0.4) is 0 Å². The first kappa shape index (κ1) is 10.2. The highest BCUT2D eigenvalue weighted by Crippen LogP contribution is 2.09. The molecule has 13 heavy (non-hydrogen) atoms. The lowest BCUT2D eigenvalue weighted by Crippen LogP contribution is -2.12. The Morgan fingerprint density at radius 3 is 2.77 bits per heavy atom. The first-order chi connectivity index (χ1) is 6.27. The fraction of sp³-hybridized carbons (Fsp3) is 0.400. The summed E-state index contributed by atoms with van der Waals surface area (Å²) in [5.74, 6) is -0.210. The standard InChI is InChI=1S/C10H15FN2/c1-2-13-7-8-3-4-9(6-12)10(11)5-8/h3-5,13H,2,6-7,12H2,1H3. The normalized spacial score (nSPS) is 10.4. The average Bonchev–Trinajstić information content (AvgIpc) is 2.15. The molecule has 0 heterocycles. The predicted octanol–water partition coefficient (Wildman–Crippen LogP) is 1.39. The van der Waals surface area contributed by atoms with Crippen LogP contribution < -0.4 is 11.1 Å². The number of benzene rings is 1. The van der Waals surface area contributed by atoms with Gasteiger partial charge in [0.2, 0.25) is 0 Å². The van der Waals surface area contributed by atoms with Crippen molar-refractivity contribution in [2.45, 2.75) is 20.0 Å². The maximum Gasteiger partial charge on any atom is 0.128 e. The van der Waals surface area contributed by atoms with Crippen molar-refractivity contribution >= 4 is 0 Å². The predicted molar refractivity (Wildman–Crippen MR) is 51.7 cm³/mol. The van der Waals surface area contributed by atoms with Gasteiger partial charge >= 0.3 is 0 Å². The summed E-state index contributed by atoms with van der Waals surface area (Å²) in [5, 5.41) is 3.13. The molecule has 0 bridgehead atoms. The number of halogens is 1. The minimum absolute atomic E-state index is 0.210. The van der Waals surface area contributed by atoms with Crippen LogP contribution in [0.2, 0.25) is 0 Å². The Bertz CT molecular complexity index is 274. The molecule has 3 N–H and O–H groups in total. The molecule has 1 aromatic carbocycles. The molecule has 0 aliphatic heterocycles. The van der Waals surface area contributed by atoms with Crippen LogP contribution in [0.15, 0.2) is 18.2 Å². The molecule has 0 fully saturated rings. The summed E-state index contributed by atoms with van der Waals surface area (Å²) in [5.41, 5.74) is 6.87. The molecule has 0 saturated heterocycles. The Hall–Kier alpha value is -0.930. The van der Waals surface area contributed by atoms with Crippen LogP contribution in [0, 0.1) is 5.82 Å². The van der Waals surface area contributed by atoms with Crippen molar-refractivity contribution in [1.82, 2.24) is 5.32 Å². The number of hydrogen-bond acceptors (Lipinski definition) is 2. The van der Waals surface area contributed by atoms with E-state index in [2.05, 4.69) is 5.32 Å². The number of nitrogens with two attached hydrogens (primary N) is 1. The van der Waals surface area contributed by atoms with Gasteiger partial charge in [-0.3, -0.25) is 0 Å². The Kier molecular flexibility index (Phi) is 3.86. The smallest absolute Gasteiger partial charge is 0.128 e. The SMILES string of the molecule is CCNCc1ccc(CN)c(F)c1. The van der Waals surface area contributed by atoms with Crippen LogP contribution in [0.1, 0.15) is 18.1 Å². The number of rotatable bonds is 4. The Morgan fingerprint density at radius 2 is 2.23 bits per heavy atom. The molecule has 0 aliphatic carbocycles. The lowest BCUT2D eigenvalue weighted by atomic mass is 10.1. The Morgan fingerprint density at radius 1 is 1.46 bits per heavy atom. The molecule has 0 spiro atoms. The van der Waals surface area contributed by atoms with Crippen molar-refractivity contribution in [2.24, 2.45) is 5.73 Å². The molecule has 0 radical (unpaired) electrons. The Labute approximate surface area is 77.9 Å². The van der Waals surface area contributed by atoms with Gasteiger partial charge in [-0.15, -0.1) is 0 Å². The first-order valence-electron chi connectivity index (χ1n) is 4.46. The molecule has 1 rings (SSSR count). The van der Waals surface area contributed by atoms with Gasteiger partial charge in [0, 0.05) is 18.7 Å².